The van der Waals surface area contributed by atoms with Crippen LogP contribution < -0.4 is 4.74 Å². The number of hydrogen-bond acceptors (Lipinski definition) is 5. The highest BCUT2D eigenvalue weighted by atomic mass is 32.2. The lowest BCUT2D eigenvalue weighted by atomic mass is 10.1. The van der Waals surface area contributed by atoms with Gasteiger partial charge in [0.2, 0.25) is 5.88 Å². The number of pyridine rings is 1. The van der Waals surface area contributed by atoms with Gasteiger partial charge in [0.05, 0.1) is 12.0 Å². The van der Waals surface area contributed by atoms with Crippen molar-refractivity contribution in [1.29, 1.82) is 0 Å². The lowest BCUT2D eigenvalue weighted by Crippen LogP contribution is -2.12. The highest BCUT2D eigenvalue weighted by Crippen LogP contribution is 2.33. The second-order valence-electron chi connectivity index (χ2n) is 4.58. The van der Waals surface area contributed by atoms with Crippen LogP contribution in [-0.4, -0.2) is 25.8 Å². The number of nitro groups is 1. The van der Waals surface area contributed by atoms with Crippen LogP contribution in [-0.2, 0) is 11.1 Å². The molecule has 2 atom stereocenters. The zero-order chi connectivity index (χ0) is 16.3. The maximum absolute atomic E-state index is 11.8. The van der Waals surface area contributed by atoms with E-state index in [4.69, 9.17) is 4.74 Å². The van der Waals surface area contributed by atoms with E-state index >= 15 is 0 Å². The SMILES string of the molecule is COc1ccc([N+](=O)[O-])c(C(c2ccc(C)cc2)S(=O)O)n1. The van der Waals surface area contributed by atoms with Crippen LogP contribution in [0.2, 0.25) is 0 Å². The van der Waals surface area contributed by atoms with Gasteiger partial charge in [0.15, 0.2) is 11.1 Å². The molecule has 1 N–H and O–H groups in total. The number of aryl methyl sites for hydroxylation is 1. The number of ether oxygens (including phenoxy) is 1. The second kappa shape index (κ2) is 6.63. The molecule has 0 saturated heterocycles. The van der Waals surface area contributed by atoms with Crippen LogP contribution in [0.3, 0.4) is 0 Å². The van der Waals surface area contributed by atoms with Crippen LogP contribution >= 0.6 is 0 Å². The van der Waals surface area contributed by atoms with Crippen LogP contribution in [0.1, 0.15) is 22.1 Å². The first-order chi connectivity index (χ1) is 10.4. The van der Waals surface area contributed by atoms with Crippen molar-refractivity contribution in [1.82, 2.24) is 4.98 Å². The number of hydrogen-bond donors (Lipinski definition) is 1. The molecule has 0 radical (unpaired) electrons. The van der Waals surface area contributed by atoms with Gasteiger partial charge in [-0.1, -0.05) is 29.8 Å². The molecule has 2 aromatic rings. The molecule has 1 heterocycles. The fourth-order valence-electron chi connectivity index (χ4n) is 2.02. The zero-order valence-electron chi connectivity index (χ0n) is 11.9. The lowest BCUT2D eigenvalue weighted by Gasteiger charge is -2.14. The van der Waals surface area contributed by atoms with E-state index in [1.807, 2.05) is 6.92 Å². The predicted molar refractivity (Wildman–Crippen MR) is 81.2 cm³/mol. The van der Waals surface area contributed by atoms with Crippen LogP contribution in [0.4, 0.5) is 5.69 Å². The zero-order valence-corrected chi connectivity index (χ0v) is 12.7. The largest absolute Gasteiger partial charge is 0.481 e. The van der Waals surface area contributed by atoms with Crippen molar-refractivity contribution in [3.05, 3.63) is 63.3 Å². The van der Waals surface area contributed by atoms with Crippen LogP contribution in [0.25, 0.3) is 0 Å². The van der Waals surface area contributed by atoms with E-state index in [2.05, 4.69) is 4.98 Å². The Balaban J connectivity index is 2.64. The molecule has 0 amide bonds. The first-order valence-electron chi connectivity index (χ1n) is 6.29. The molecule has 0 aliphatic heterocycles. The molecule has 7 nitrogen and oxygen atoms in total. The first kappa shape index (κ1) is 16.1. The highest BCUT2D eigenvalue weighted by molar-refractivity contribution is 7.79. The third kappa shape index (κ3) is 3.29. The van der Waals surface area contributed by atoms with E-state index in [9.17, 15) is 18.9 Å². The summed E-state index contributed by atoms with van der Waals surface area (Å²) in [5.74, 6) is 0.142. The quantitative estimate of drug-likeness (QED) is 0.515. The summed E-state index contributed by atoms with van der Waals surface area (Å²) in [5, 5.41) is 10.0. The smallest absolute Gasteiger partial charge is 0.292 e. The minimum absolute atomic E-state index is 0.103. The molecule has 2 unspecified atom stereocenters. The molecule has 116 valence electrons. The maximum atomic E-state index is 11.8. The molecule has 0 aliphatic carbocycles. The van der Waals surface area contributed by atoms with Crippen molar-refractivity contribution in [3.8, 4) is 5.88 Å². The minimum atomic E-state index is -2.37. The standard InChI is InChI=1S/C14H14N2O5S/c1-9-3-5-10(6-4-9)14(22(19)20)13-11(16(17)18)7-8-12(15-13)21-2/h3-8,14H,1-2H3,(H,19,20). The summed E-state index contributed by atoms with van der Waals surface area (Å²) in [7, 11) is 1.37. The number of nitrogens with zero attached hydrogens (tertiary/aromatic N) is 2. The molecule has 2 rings (SSSR count). The number of rotatable bonds is 5. The third-order valence-corrected chi connectivity index (χ3v) is 4.01. The fourth-order valence-corrected chi connectivity index (χ4v) is 2.78. The minimum Gasteiger partial charge on any atom is -0.481 e. The van der Waals surface area contributed by atoms with Crippen molar-refractivity contribution >= 4 is 16.8 Å². The summed E-state index contributed by atoms with van der Waals surface area (Å²) in [5.41, 5.74) is 1.01. The monoisotopic (exact) mass is 322 g/mol. The molecule has 8 heteroatoms. The van der Waals surface area contributed by atoms with Crippen LogP contribution in [0.5, 0.6) is 5.88 Å². The molecule has 0 spiro atoms. The average molecular weight is 322 g/mol. The molecule has 0 fully saturated rings. The van der Waals surface area contributed by atoms with Gasteiger partial charge >= 0.3 is 0 Å². The Morgan fingerprint density at radius 2 is 1.91 bits per heavy atom. The summed E-state index contributed by atoms with van der Waals surface area (Å²) < 4.78 is 26.4. The Morgan fingerprint density at radius 3 is 2.41 bits per heavy atom. The summed E-state index contributed by atoms with van der Waals surface area (Å²) in [6, 6.07) is 9.39. The van der Waals surface area contributed by atoms with Gasteiger partial charge in [-0.25, -0.2) is 9.19 Å². The van der Waals surface area contributed by atoms with Crippen molar-refractivity contribution in [2.75, 3.05) is 7.11 Å². The molecule has 22 heavy (non-hydrogen) atoms. The van der Waals surface area contributed by atoms with Gasteiger partial charge in [-0.15, -0.1) is 0 Å². The predicted octanol–water partition coefficient (Wildman–Crippen LogP) is 2.62. The summed E-state index contributed by atoms with van der Waals surface area (Å²) in [6.07, 6.45) is 0. The topological polar surface area (TPSA) is 103 Å². The van der Waals surface area contributed by atoms with Gasteiger partial charge in [-0.05, 0) is 12.5 Å². The van der Waals surface area contributed by atoms with Gasteiger partial charge in [-0.3, -0.25) is 10.1 Å². The molecule has 0 bridgehead atoms. The average Bonchev–Trinajstić information content (AvgIpc) is 2.48. The normalized spacial score (nSPS) is 13.4. The van der Waals surface area contributed by atoms with Crippen LogP contribution in [0, 0.1) is 17.0 Å². The van der Waals surface area contributed by atoms with E-state index in [-0.39, 0.29) is 17.3 Å². The van der Waals surface area contributed by atoms with Gasteiger partial charge in [0.25, 0.3) is 5.69 Å². The van der Waals surface area contributed by atoms with Crippen LogP contribution in [0.15, 0.2) is 36.4 Å². The van der Waals surface area contributed by atoms with Gasteiger partial charge in [0.1, 0.15) is 10.9 Å². The Bertz CT molecular complexity index is 718. The van der Waals surface area contributed by atoms with E-state index in [1.165, 1.54) is 19.2 Å². The second-order valence-corrected chi connectivity index (χ2v) is 5.61. The van der Waals surface area contributed by atoms with Crippen molar-refractivity contribution in [2.45, 2.75) is 12.2 Å². The van der Waals surface area contributed by atoms with Crippen molar-refractivity contribution in [2.24, 2.45) is 0 Å². The Hall–Kier alpha value is -2.32. The molecular weight excluding hydrogens is 308 g/mol. The number of benzene rings is 1. The lowest BCUT2D eigenvalue weighted by molar-refractivity contribution is -0.385. The molecule has 0 saturated carbocycles. The molecule has 0 aliphatic rings. The summed E-state index contributed by atoms with van der Waals surface area (Å²) in [6.45, 7) is 1.88. The van der Waals surface area contributed by atoms with Crippen molar-refractivity contribution < 1.29 is 18.4 Å². The highest BCUT2D eigenvalue weighted by Gasteiger charge is 2.30. The molecule has 1 aromatic carbocycles. The summed E-state index contributed by atoms with van der Waals surface area (Å²) >= 11 is -2.37. The Morgan fingerprint density at radius 1 is 1.27 bits per heavy atom. The first-order valence-corrected chi connectivity index (χ1v) is 7.46. The van der Waals surface area contributed by atoms with Gasteiger partial charge in [0, 0.05) is 12.1 Å². The Kier molecular flexibility index (Phi) is 4.84. The molecule has 1 aromatic heterocycles. The number of methoxy groups -OCH3 is 1. The maximum Gasteiger partial charge on any atom is 0.292 e. The number of aromatic nitrogens is 1. The fraction of sp³-hybridized carbons (Fsp3) is 0.214. The summed E-state index contributed by atoms with van der Waals surface area (Å²) in [4.78, 5) is 14.6. The van der Waals surface area contributed by atoms with E-state index in [1.54, 1.807) is 24.3 Å². The van der Waals surface area contributed by atoms with E-state index in [0.717, 1.165) is 5.56 Å². The van der Waals surface area contributed by atoms with E-state index in [0.29, 0.717) is 5.56 Å². The van der Waals surface area contributed by atoms with E-state index < -0.39 is 21.3 Å². The van der Waals surface area contributed by atoms with Gasteiger partial charge < -0.3 is 9.29 Å². The van der Waals surface area contributed by atoms with Gasteiger partial charge in [-0.2, -0.15) is 0 Å². The Labute approximate surface area is 129 Å². The van der Waals surface area contributed by atoms with Crippen molar-refractivity contribution in [3.63, 3.8) is 0 Å². The molecular formula is C14H14N2O5S. The third-order valence-electron chi connectivity index (χ3n) is 3.11.